The molecule has 0 saturated carbocycles. The average molecular weight is 423 g/mol. The summed E-state index contributed by atoms with van der Waals surface area (Å²) in [4.78, 5) is 28.0. The molecule has 2 rings (SSSR count). The number of benzene rings is 1. The molecule has 0 aliphatic carbocycles. The highest BCUT2D eigenvalue weighted by Crippen LogP contribution is 2.21. The van der Waals surface area contributed by atoms with Crippen molar-refractivity contribution in [1.29, 1.82) is 0 Å². The fourth-order valence-electron chi connectivity index (χ4n) is 2.32. The molecule has 1 unspecified atom stereocenters. The summed E-state index contributed by atoms with van der Waals surface area (Å²) >= 11 is 3.02. The first-order valence-corrected chi connectivity index (χ1v) is 9.15. The van der Waals surface area contributed by atoms with Crippen molar-refractivity contribution >= 4 is 27.7 Å². The summed E-state index contributed by atoms with van der Waals surface area (Å²) in [6.45, 7) is 3.31. The van der Waals surface area contributed by atoms with Crippen molar-refractivity contribution in [2.24, 2.45) is 5.73 Å². The molecule has 138 valence electrons. The maximum absolute atomic E-state index is 14.5. The summed E-state index contributed by atoms with van der Waals surface area (Å²) in [6.07, 6.45) is 1.38. The number of rotatable bonds is 7. The monoisotopic (exact) mass is 422 g/mol. The number of carbonyl (C=O) groups excluding carboxylic acids is 2. The van der Waals surface area contributed by atoms with Crippen LogP contribution in [0.4, 0.5) is 4.39 Å². The number of ether oxygens (including phenoxy) is 1. The van der Waals surface area contributed by atoms with Crippen molar-refractivity contribution in [3.05, 3.63) is 65.2 Å². The van der Waals surface area contributed by atoms with Crippen LogP contribution in [0, 0.1) is 5.82 Å². The Balaban J connectivity index is 2.14. The zero-order valence-corrected chi connectivity index (χ0v) is 16.1. The van der Waals surface area contributed by atoms with Crippen molar-refractivity contribution in [2.75, 3.05) is 5.33 Å². The van der Waals surface area contributed by atoms with Crippen LogP contribution in [-0.2, 0) is 11.2 Å². The van der Waals surface area contributed by atoms with Gasteiger partial charge in [-0.25, -0.2) is 9.18 Å². The van der Waals surface area contributed by atoms with Gasteiger partial charge in [-0.2, -0.15) is 0 Å². The zero-order valence-electron chi connectivity index (χ0n) is 14.5. The highest BCUT2D eigenvalue weighted by atomic mass is 79.9. The Morgan fingerprint density at radius 2 is 1.92 bits per heavy atom. The minimum atomic E-state index is -1.06. The SMILES string of the molecule is CC(C)(OC(=O)c1ccccc1)C(N)Cc1nccc(C(=O)CBr)c1F. The third-order valence-corrected chi connectivity index (χ3v) is 4.56. The molecule has 1 aromatic heterocycles. The summed E-state index contributed by atoms with van der Waals surface area (Å²) in [5, 5.41) is 0.0135. The Hall–Kier alpha value is -2.12. The molecule has 0 fully saturated rings. The van der Waals surface area contributed by atoms with Crippen LogP contribution in [0.5, 0.6) is 0 Å². The molecule has 0 radical (unpaired) electrons. The van der Waals surface area contributed by atoms with Crippen LogP contribution in [0.25, 0.3) is 0 Å². The minimum absolute atomic E-state index is 0.0135. The molecule has 0 saturated heterocycles. The molecular weight excluding hydrogens is 403 g/mol. The number of ketones is 1. The van der Waals surface area contributed by atoms with Crippen molar-refractivity contribution in [3.8, 4) is 0 Å². The van der Waals surface area contributed by atoms with E-state index in [1.165, 1.54) is 12.3 Å². The van der Waals surface area contributed by atoms with Crippen LogP contribution in [0.3, 0.4) is 0 Å². The highest BCUT2D eigenvalue weighted by molar-refractivity contribution is 9.09. The second kappa shape index (κ2) is 8.51. The first-order valence-electron chi connectivity index (χ1n) is 8.02. The van der Waals surface area contributed by atoms with Crippen molar-refractivity contribution in [3.63, 3.8) is 0 Å². The van der Waals surface area contributed by atoms with Crippen molar-refractivity contribution < 1.29 is 18.7 Å². The topological polar surface area (TPSA) is 82.3 Å². The van der Waals surface area contributed by atoms with E-state index in [4.69, 9.17) is 10.5 Å². The predicted octanol–water partition coefficient (Wildman–Crippen LogP) is 3.30. The smallest absolute Gasteiger partial charge is 0.338 e. The number of nitrogens with two attached hydrogens (primary N) is 1. The first-order chi connectivity index (χ1) is 12.3. The molecule has 2 aromatic rings. The molecule has 1 atom stereocenters. The van der Waals surface area contributed by atoms with Gasteiger partial charge in [0.15, 0.2) is 11.6 Å². The van der Waals surface area contributed by atoms with E-state index in [2.05, 4.69) is 20.9 Å². The van der Waals surface area contributed by atoms with E-state index < -0.39 is 23.4 Å². The van der Waals surface area contributed by atoms with Crippen molar-refractivity contribution in [2.45, 2.75) is 31.9 Å². The average Bonchev–Trinajstić information content (AvgIpc) is 2.63. The van der Waals surface area contributed by atoms with Gasteiger partial charge in [-0.05, 0) is 32.0 Å². The quantitative estimate of drug-likeness (QED) is 0.420. The summed E-state index contributed by atoms with van der Waals surface area (Å²) in [5.41, 5.74) is 5.52. The van der Waals surface area contributed by atoms with Crippen LogP contribution in [-0.4, -0.2) is 33.7 Å². The maximum Gasteiger partial charge on any atom is 0.338 e. The van der Waals surface area contributed by atoms with Gasteiger partial charge in [-0.15, -0.1) is 0 Å². The number of alkyl halides is 1. The third-order valence-electron chi connectivity index (χ3n) is 4.05. The zero-order chi connectivity index (χ0) is 19.3. The third kappa shape index (κ3) is 4.74. The second-order valence-corrected chi connectivity index (χ2v) is 6.91. The molecule has 0 bridgehead atoms. The van der Waals surface area contributed by atoms with Crippen LogP contribution in [0.15, 0.2) is 42.6 Å². The van der Waals surface area contributed by atoms with Gasteiger partial charge in [0.25, 0.3) is 0 Å². The Bertz CT molecular complexity index is 797. The molecule has 26 heavy (non-hydrogen) atoms. The lowest BCUT2D eigenvalue weighted by Gasteiger charge is -2.31. The first kappa shape index (κ1) is 20.2. The normalized spacial score (nSPS) is 12.5. The molecule has 0 aliphatic rings. The lowest BCUT2D eigenvalue weighted by atomic mass is 9.94. The summed E-state index contributed by atoms with van der Waals surface area (Å²) in [5.74, 6) is -1.59. The number of aromatic nitrogens is 1. The van der Waals surface area contributed by atoms with E-state index in [1.807, 2.05) is 0 Å². The van der Waals surface area contributed by atoms with Gasteiger partial charge >= 0.3 is 5.97 Å². The molecule has 1 heterocycles. The van der Waals surface area contributed by atoms with E-state index in [0.717, 1.165) is 0 Å². The van der Waals surface area contributed by atoms with E-state index in [1.54, 1.807) is 44.2 Å². The molecule has 0 spiro atoms. The Labute approximate surface area is 159 Å². The van der Waals surface area contributed by atoms with E-state index in [-0.39, 0.29) is 28.8 Å². The van der Waals surface area contributed by atoms with Gasteiger partial charge in [0.1, 0.15) is 5.60 Å². The van der Waals surface area contributed by atoms with Crippen LogP contribution in [0.2, 0.25) is 0 Å². The van der Waals surface area contributed by atoms with E-state index >= 15 is 0 Å². The largest absolute Gasteiger partial charge is 0.454 e. The number of pyridine rings is 1. The summed E-state index contributed by atoms with van der Waals surface area (Å²) in [6, 6.07) is 9.15. The second-order valence-electron chi connectivity index (χ2n) is 6.35. The number of hydrogen-bond acceptors (Lipinski definition) is 5. The number of Topliss-reactive ketones (excluding diaryl/α,β-unsaturated/α-hetero) is 1. The number of nitrogens with zero attached hydrogens (tertiary/aromatic N) is 1. The van der Waals surface area contributed by atoms with E-state index in [0.29, 0.717) is 5.56 Å². The molecule has 7 heteroatoms. The van der Waals surface area contributed by atoms with Crippen molar-refractivity contribution in [1.82, 2.24) is 4.98 Å². The van der Waals surface area contributed by atoms with Gasteiger partial charge in [0, 0.05) is 18.7 Å². The Morgan fingerprint density at radius 1 is 1.27 bits per heavy atom. The number of carbonyl (C=O) groups is 2. The van der Waals surface area contributed by atoms with Crippen LogP contribution in [0.1, 0.15) is 40.3 Å². The number of halogens is 2. The molecule has 5 nitrogen and oxygen atoms in total. The fraction of sp³-hybridized carbons (Fsp3) is 0.316. The standard InChI is InChI=1S/C19H20BrFN2O3/c1-19(2,26-18(25)12-6-4-3-5-7-12)16(22)10-14-17(21)13(8-9-23-14)15(24)11-20/h3-9,16H,10-11,22H2,1-2H3. The van der Waals surface area contributed by atoms with Gasteiger partial charge in [0.2, 0.25) is 0 Å². The fourth-order valence-corrected chi connectivity index (χ4v) is 2.62. The predicted molar refractivity (Wildman–Crippen MR) is 99.9 cm³/mol. The van der Waals surface area contributed by atoms with Crippen LogP contribution >= 0.6 is 15.9 Å². The molecule has 2 N–H and O–H groups in total. The van der Waals surface area contributed by atoms with Gasteiger partial charge in [-0.3, -0.25) is 9.78 Å². The summed E-state index contributed by atoms with van der Waals surface area (Å²) in [7, 11) is 0. The van der Waals surface area contributed by atoms with Gasteiger partial charge in [-0.1, -0.05) is 34.1 Å². The number of hydrogen-bond donors (Lipinski definition) is 1. The molecule has 1 aromatic carbocycles. The highest BCUT2D eigenvalue weighted by Gasteiger charge is 2.32. The summed E-state index contributed by atoms with van der Waals surface area (Å²) < 4.78 is 20.0. The Kier molecular flexibility index (Phi) is 6.61. The molecular formula is C19H20BrFN2O3. The maximum atomic E-state index is 14.5. The minimum Gasteiger partial charge on any atom is -0.454 e. The lowest BCUT2D eigenvalue weighted by molar-refractivity contribution is -0.0126. The Morgan fingerprint density at radius 3 is 2.54 bits per heavy atom. The number of esters is 1. The molecule has 0 aliphatic heterocycles. The van der Waals surface area contributed by atoms with Crippen LogP contribution < -0.4 is 5.73 Å². The molecule has 0 amide bonds. The van der Waals surface area contributed by atoms with E-state index in [9.17, 15) is 14.0 Å². The lowest BCUT2D eigenvalue weighted by Crippen LogP contribution is -2.48. The van der Waals surface area contributed by atoms with Gasteiger partial charge < -0.3 is 10.5 Å². The van der Waals surface area contributed by atoms with Gasteiger partial charge in [0.05, 0.1) is 22.2 Å².